The zero-order valence-electron chi connectivity index (χ0n) is 52.5. The number of benzene rings is 10. The third-order valence-electron chi connectivity index (χ3n) is 16.5. The van der Waals surface area contributed by atoms with Crippen LogP contribution in [0.2, 0.25) is 0 Å². The van der Waals surface area contributed by atoms with Crippen molar-refractivity contribution in [3.63, 3.8) is 0 Å². The number of rotatable bonds is 0. The predicted octanol–water partition coefficient (Wildman–Crippen LogP) is 25.5. The summed E-state index contributed by atoms with van der Waals surface area (Å²) >= 11 is 5.69. The number of hydrogen-bond acceptors (Lipinski definition) is 4. The van der Waals surface area contributed by atoms with Gasteiger partial charge in [-0.25, -0.2) is 0 Å². The van der Waals surface area contributed by atoms with Crippen LogP contribution in [0.15, 0.2) is 217 Å². The van der Waals surface area contributed by atoms with Crippen molar-refractivity contribution >= 4 is 116 Å². The topological polar surface area (TPSA) is 13.1 Å². The number of thiophene rings is 3. The van der Waals surface area contributed by atoms with Gasteiger partial charge < -0.3 is 4.42 Å². The Morgan fingerprint density at radius 1 is 0.294 bits per heavy atom. The van der Waals surface area contributed by atoms with E-state index in [1.165, 1.54) is 121 Å². The molecule has 4 heteroatoms. The van der Waals surface area contributed by atoms with Gasteiger partial charge in [0, 0.05) is 76.9 Å². The number of hydrogen-bond donors (Lipinski definition) is 0. The molecule has 15 rings (SSSR count). The molecule has 85 heavy (non-hydrogen) atoms. The summed E-state index contributed by atoms with van der Waals surface area (Å²) in [4.78, 5) is 0. The van der Waals surface area contributed by atoms with Gasteiger partial charge in [0.05, 0.1) is 0 Å². The van der Waals surface area contributed by atoms with E-state index >= 15 is 0 Å². The van der Waals surface area contributed by atoms with Crippen LogP contribution in [0.3, 0.4) is 0 Å². The normalized spacial score (nSPS) is 12.6. The summed E-state index contributed by atoms with van der Waals surface area (Å²) in [5.74, 6) is 0. The average molecular weight is 1170 g/mol. The Morgan fingerprint density at radius 2 is 0.741 bits per heavy atom. The van der Waals surface area contributed by atoms with Crippen LogP contribution < -0.4 is 0 Å². The highest BCUT2D eigenvalue weighted by Crippen LogP contribution is 2.43. The van der Waals surface area contributed by atoms with Gasteiger partial charge in [-0.15, -0.1) is 34.0 Å². The Bertz CT molecular complexity index is 4560. The minimum atomic E-state index is 0.105. The summed E-state index contributed by atoms with van der Waals surface area (Å²) in [5, 5.41) is 10.8. The van der Waals surface area contributed by atoms with E-state index < -0.39 is 0 Å². The average Bonchev–Trinajstić information content (AvgIpc) is 2.27. The van der Waals surface area contributed by atoms with Crippen LogP contribution in [0, 0.1) is 0 Å². The summed E-state index contributed by atoms with van der Waals surface area (Å²) < 4.78 is 14.4. The Kier molecular flexibility index (Phi) is 16.2. The van der Waals surface area contributed by atoms with Crippen molar-refractivity contribution in [2.75, 3.05) is 0 Å². The van der Waals surface area contributed by atoms with E-state index in [0.29, 0.717) is 0 Å². The maximum Gasteiger partial charge on any atom is 0.139 e. The molecule has 0 unspecified atom stereocenters. The quantitative estimate of drug-likeness (QED) is 0.147. The molecule has 10 aromatic carbocycles. The molecule has 4 heterocycles. The van der Waals surface area contributed by atoms with Crippen LogP contribution in [-0.2, 0) is 33.5 Å². The van der Waals surface area contributed by atoms with Gasteiger partial charge >= 0.3 is 0 Å². The molecule has 0 bridgehead atoms. The first kappa shape index (κ1) is 59.4. The first-order valence-electron chi connectivity index (χ1n) is 30.2. The molecule has 0 radical (unpaired) electrons. The smallest absolute Gasteiger partial charge is 0.139 e. The van der Waals surface area contributed by atoms with Crippen LogP contribution in [-0.4, -0.2) is 0 Å². The maximum atomic E-state index is 6.01. The molecule has 4 aromatic heterocycles. The van der Waals surface area contributed by atoms with E-state index in [-0.39, 0.29) is 27.1 Å². The highest BCUT2D eigenvalue weighted by atomic mass is 32.1. The molecule has 0 amide bonds. The first-order valence-corrected chi connectivity index (χ1v) is 32.6. The van der Waals surface area contributed by atoms with Gasteiger partial charge in [-0.2, -0.15) is 0 Å². The van der Waals surface area contributed by atoms with Crippen molar-refractivity contribution in [3.05, 3.63) is 251 Å². The third-order valence-corrected chi connectivity index (χ3v) is 20.0. The fourth-order valence-corrected chi connectivity index (χ4v) is 15.5. The Morgan fingerprint density at radius 3 is 1.40 bits per heavy atom. The Hall–Kier alpha value is -7.34. The molecule has 0 saturated heterocycles. The van der Waals surface area contributed by atoms with Gasteiger partial charge in [-0.3, -0.25) is 0 Å². The van der Waals surface area contributed by atoms with Crippen LogP contribution >= 0.6 is 34.0 Å². The molecule has 0 N–H and O–H groups in total. The molecular weight excluding hydrogens is 1090 g/mol. The summed E-state index contributed by atoms with van der Waals surface area (Å²) in [6.45, 7) is 34.0. The van der Waals surface area contributed by atoms with Gasteiger partial charge in [0.15, 0.2) is 0 Å². The third kappa shape index (κ3) is 12.4. The van der Waals surface area contributed by atoms with Crippen molar-refractivity contribution < 1.29 is 4.42 Å². The number of para-hydroxylation sites is 2. The molecule has 14 aromatic rings. The second kappa shape index (κ2) is 23.2. The fraction of sp³-hybridized carbons (Fsp3) is 0.259. The maximum absolute atomic E-state index is 6.01. The van der Waals surface area contributed by atoms with Crippen LogP contribution in [0.1, 0.15) is 143 Å². The van der Waals surface area contributed by atoms with Gasteiger partial charge in [0.2, 0.25) is 0 Å². The SMILES string of the molecule is CC(C)(C)c1ccc2c(c1)Cc1ccccc1-2.CC(C)(C)c1ccc2sc3ccccc3c2c1.CC(C)(C)c1cccc2c1oc1ccccc12.CC(C)(C)c1cccc2c1sc1ccccc12.CC(C)(C)c1cccc2sc3ccccc3c12. The summed E-state index contributed by atoms with van der Waals surface area (Å²) in [6.07, 6.45) is 1.09. The molecular formula is C81H82OS3. The molecule has 0 fully saturated rings. The lowest BCUT2D eigenvalue weighted by Gasteiger charge is -2.20. The molecule has 0 atom stereocenters. The molecule has 0 saturated carbocycles. The predicted molar refractivity (Wildman–Crippen MR) is 380 cm³/mol. The van der Waals surface area contributed by atoms with Crippen molar-refractivity contribution in [1.29, 1.82) is 0 Å². The number of furan rings is 1. The highest BCUT2D eigenvalue weighted by Gasteiger charge is 2.24. The first-order chi connectivity index (χ1) is 40.3. The molecule has 1 aliphatic carbocycles. The molecule has 430 valence electrons. The van der Waals surface area contributed by atoms with Gasteiger partial charge in [0.25, 0.3) is 0 Å². The van der Waals surface area contributed by atoms with Crippen LogP contribution in [0.5, 0.6) is 0 Å². The van der Waals surface area contributed by atoms with Crippen LogP contribution in [0.4, 0.5) is 0 Å². The standard InChI is InChI=1S/C17H18.C16H16O.3C16H16S/c1-17(2,3)14-8-9-16-13(11-14)10-12-6-4-5-7-15(12)16;2*1-16(2,3)13-9-6-8-12-11-7-4-5-10-14(11)17-15(12)13;1-16(2,3)12-8-6-10-14-15(12)11-7-4-5-9-13(11)17-14;1-16(2,3)11-8-9-15-13(10-11)12-6-4-5-7-14(12)17-15/h4-9,11H,10H2,1-3H3;4*4-10H,1-3H3. The van der Waals surface area contributed by atoms with Gasteiger partial charge in [0.1, 0.15) is 11.2 Å². The second-order valence-electron chi connectivity index (χ2n) is 28.1. The molecule has 1 aliphatic rings. The van der Waals surface area contributed by atoms with Crippen LogP contribution in [0.25, 0.3) is 93.6 Å². The van der Waals surface area contributed by atoms with E-state index in [9.17, 15) is 0 Å². The van der Waals surface area contributed by atoms with Crippen molar-refractivity contribution in [2.24, 2.45) is 0 Å². The largest absolute Gasteiger partial charge is 0.456 e. The summed E-state index contributed by atoms with van der Waals surface area (Å²) in [7, 11) is 0. The van der Waals surface area contributed by atoms with Crippen molar-refractivity contribution in [2.45, 2.75) is 137 Å². The lowest BCUT2D eigenvalue weighted by molar-refractivity contribution is 0.573. The Balaban J connectivity index is 0.000000111. The number of fused-ring (bicyclic) bond motifs is 15. The molecule has 0 spiro atoms. The van der Waals surface area contributed by atoms with Crippen molar-refractivity contribution in [1.82, 2.24) is 0 Å². The van der Waals surface area contributed by atoms with E-state index in [0.717, 1.165) is 17.6 Å². The summed E-state index contributed by atoms with van der Waals surface area (Å²) in [6, 6.07) is 76.6. The molecule has 0 aliphatic heterocycles. The lowest BCUT2D eigenvalue weighted by Crippen LogP contribution is -2.11. The van der Waals surface area contributed by atoms with Crippen molar-refractivity contribution in [3.8, 4) is 11.1 Å². The Labute approximate surface area is 517 Å². The lowest BCUT2D eigenvalue weighted by atomic mass is 9.84. The molecule has 1 nitrogen and oxygen atoms in total. The van der Waals surface area contributed by atoms with Gasteiger partial charge in [-0.1, -0.05) is 274 Å². The van der Waals surface area contributed by atoms with Gasteiger partial charge in [-0.05, 0) is 120 Å². The highest BCUT2D eigenvalue weighted by molar-refractivity contribution is 7.26. The zero-order chi connectivity index (χ0) is 60.2. The van der Waals surface area contributed by atoms with E-state index in [1.54, 1.807) is 0 Å². The fourth-order valence-electron chi connectivity index (χ4n) is 11.9. The second-order valence-corrected chi connectivity index (χ2v) is 31.3. The zero-order valence-corrected chi connectivity index (χ0v) is 55.0. The van der Waals surface area contributed by atoms with E-state index in [4.69, 9.17) is 4.42 Å². The van der Waals surface area contributed by atoms with E-state index in [1.807, 2.05) is 46.1 Å². The minimum Gasteiger partial charge on any atom is -0.456 e. The minimum absolute atomic E-state index is 0.105. The van der Waals surface area contributed by atoms with E-state index in [2.05, 4.69) is 304 Å². The summed E-state index contributed by atoms with van der Waals surface area (Å²) in [5.41, 5.74) is 15.8. The monoisotopic (exact) mass is 1170 g/mol.